The van der Waals surface area contributed by atoms with E-state index in [1.54, 1.807) is 25.3 Å². The van der Waals surface area contributed by atoms with Gasteiger partial charge in [-0.25, -0.2) is 0 Å². The second kappa shape index (κ2) is 14.4. The van der Waals surface area contributed by atoms with Crippen molar-refractivity contribution in [2.75, 3.05) is 26.8 Å². The van der Waals surface area contributed by atoms with Gasteiger partial charge in [0.05, 0.1) is 33.0 Å². The molecule has 0 saturated carbocycles. The quantitative estimate of drug-likeness (QED) is 0.179. The van der Waals surface area contributed by atoms with Gasteiger partial charge in [0.25, 0.3) is 0 Å². The number of ether oxygens (including phenoxy) is 3. The van der Waals surface area contributed by atoms with Crippen LogP contribution in [-0.2, 0) is 35.6 Å². The van der Waals surface area contributed by atoms with E-state index < -0.39 is 12.1 Å². The summed E-state index contributed by atoms with van der Waals surface area (Å²) in [5.74, 6) is 0.702. The Morgan fingerprint density at radius 1 is 0.972 bits per heavy atom. The number of hydrogen-bond acceptors (Lipinski definition) is 7. The van der Waals surface area contributed by atoms with E-state index in [2.05, 4.69) is 35.6 Å². The van der Waals surface area contributed by atoms with Crippen LogP contribution in [0.3, 0.4) is 0 Å². The third kappa shape index (κ3) is 8.77. The zero-order valence-corrected chi connectivity index (χ0v) is 20.9. The van der Waals surface area contributed by atoms with Gasteiger partial charge in [-0.3, -0.25) is 4.79 Å². The van der Waals surface area contributed by atoms with Crippen LogP contribution in [0.2, 0.25) is 0 Å². The molecule has 0 aromatic heterocycles. The van der Waals surface area contributed by atoms with Crippen LogP contribution in [-0.4, -0.2) is 43.0 Å². The van der Waals surface area contributed by atoms with Gasteiger partial charge in [-0.2, -0.15) is 0 Å². The molecule has 0 saturated heterocycles. The SMILES string of the molecule is COc1ccc(CCOCc2cccc(CCNCC(O)c3ccc(OC(C)=O)c(CO)c3)c2)cc1. The number of aliphatic hydroxyl groups is 2. The molecule has 0 aliphatic carbocycles. The summed E-state index contributed by atoms with van der Waals surface area (Å²) in [6.07, 6.45) is 0.925. The molecule has 1 unspecified atom stereocenters. The lowest BCUT2D eigenvalue weighted by molar-refractivity contribution is -0.131. The Morgan fingerprint density at radius 3 is 2.47 bits per heavy atom. The highest BCUT2D eigenvalue weighted by Crippen LogP contribution is 2.24. The largest absolute Gasteiger partial charge is 0.497 e. The summed E-state index contributed by atoms with van der Waals surface area (Å²) >= 11 is 0. The Morgan fingerprint density at radius 2 is 1.75 bits per heavy atom. The average Bonchev–Trinajstić information content (AvgIpc) is 2.89. The molecule has 7 heteroatoms. The van der Waals surface area contributed by atoms with Crippen LogP contribution < -0.4 is 14.8 Å². The molecule has 3 N–H and O–H groups in total. The van der Waals surface area contributed by atoms with Gasteiger partial charge in [0.15, 0.2) is 0 Å². The molecule has 3 aromatic carbocycles. The van der Waals surface area contributed by atoms with E-state index in [4.69, 9.17) is 14.2 Å². The highest BCUT2D eigenvalue weighted by atomic mass is 16.5. The van der Waals surface area contributed by atoms with Gasteiger partial charge in [-0.1, -0.05) is 42.5 Å². The maximum Gasteiger partial charge on any atom is 0.308 e. The van der Waals surface area contributed by atoms with Gasteiger partial charge in [-0.05, 0) is 65.9 Å². The second-order valence-corrected chi connectivity index (χ2v) is 8.56. The molecule has 36 heavy (non-hydrogen) atoms. The summed E-state index contributed by atoms with van der Waals surface area (Å²) in [6, 6.07) is 21.3. The van der Waals surface area contributed by atoms with E-state index in [-0.39, 0.29) is 6.61 Å². The van der Waals surface area contributed by atoms with Crippen molar-refractivity contribution in [1.82, 2.24) is 5.32 Å². The third-order valence-electron chi connectivity index (χ3n) is 5.78. The number of nitrogens with one attached hydrogen (secondary N) is 1. The maximum atomic E-state index is 11.2. The predicted molar refractivity (Wildman–Crippen MR) is 138 cm³/mol. The smallest absolute Gasteiger partial charge is 0.308 e. The molecule has 0 heterocycles. The number of hydrogen-bond donors (Lipinski definition) is 3. The van der Waals surface area contributed by atoms with Crippen molar-refractivity contribution in [2.24, 2.45) is 0 Å². The van der Waals surface area contributed by atoms with E-state index in [0.717, 1.165) is 24.2 Å². The molecule has 3 aromatic rings. The molecule has 0 aliphatic heterocycles. The molecular weight excluding hydrogens is 458 g/mol. The lowest BCUT2D eigenvalue weighted by atomic mass is 10.0. The van der Waals surface area contributed by atoms with Crippen molar-refractivity contribution in [3.8, 4) is 11.5 Å². The van der Waals surface area contributed by atoms with E-state index >= 15 is 0 Å². The molecular formula is C29H35NO6. The molecule has 1 atom stereocenters. The number of rotatable bonds is 14. The van der Waals surface area contributed by atoms with Crippen LogP contribution in [0.5, 0.6) is 11.5 Å². The Bertz CT molecular complexity index is 1100. The van der Waals surface area contributed by atoms with Crippen molar-refractivity contribution in [3.63, 3.8) is 0 Å². The first-order valence-corrected chi connectivity index (χ1v) is 12.1. The minimum atomic E-state index is -0.743. The lowest BCUT2D eigenvalue weighted by Crippen LogP contribution is -2.24. The molecule has 0 fully saturated rings. The van der Waals surface area contributed by atoms with Crippen LogP contribution in [0.25, 0.3) is 0 Å². The minimum Gasteiger partial charge on any atom is -0.497 e. The van der Waals surface area contributed by atoms with E-state index in [9.17, 15) is 15.0 Å². The minimum absolute atomic E-state index is 0.280. The molecule has 0 aliphatic rings. The highest BCUT2D eigenvalue weighted by molar-refractivity contribution is 5.69. The van der Waals surface area contributed by atoms with E-state index in [1.165, 1.54) is 18.1 Å². The summed E-state index contributed by atoms with van der Waals surface area (Å²) in [5.41, 5.74) is 4.65. The zero-order chi connectivity index (χ0) is 25.8. The standard InChI is InChI=1S/C29H35NO6/c1-21(32)36-29-11-8-25(17-26(29)19-31)28(33)18-30-14-12-23-4-3-5-24(16-23)20-35-15-13-22-6-9-27(34-2)10-7-22/h3-11,16-17,28,30-31,33H,12-15,18-20H2,1-2H3. The zero-order valence-electron chi connectivity index (χ0n) is 20.9. The Labute approximate surface area is 212 Å². The summed E-state index contributed by atoms with van der Waals surface area (Å²) in [7, 11) is 1.66. The third-order valence-corrected chi connectivity index (χ3v) is 5.78. The topological polar surface area (TPSA) is 97.3 Å². The number of benzene rings is 3. The normalized spacial score (nSPS) is 11.8. The first-order valence-electron chi connectivity index (χ1n) is 12.1. The molecule has 192 valence electrons. The van der Waals surface area contributed by atoms with Gasteiger partial charge in [-0.15, -0.1) is 0 Å². The van der Waals surface area contributed by atoms with Crippen LogP contribution in [0.4, 0.5) is 0 Å². The number of carbonyl (C=O) groups excluding carboxylic acids is 1. The fraction of sp³-hybridized carbons (Fsp3) is 0.345. The van der Waals surface area contributed by atoms with Crippen molar-refractivity contribution < 1.29 is 29.2 Å². The van der Waals surface area contributed by atoms with Crippen LogP contribution >= 0.6 is 0 Å². The lowest BCUT2D eigenvalue weighted by Gasteiger charge is -2.15. The van der Waals surface area contributed by atoms with Gasteiger partial charge in [0.1, 0.15) is 11.5 Å². The fourth-order valence-electron chi connectivity index (χ4n) is 3.82. The van der Waals surface area contributed by atoms with Crippen LogP contribution in [0.1, 0.15) is 40.8 Å². The number of esters is 1. The Balaban J connectivity index is 1.39. The molecule has 0 bridgehead atoms. The Hall–Kier alpha value is -3.23. The van der Waals surface area contributed by atoms with Gasteiger partial charge < -0.3 is 29.7 Å². The summed E-state index contributed by atoms with van der Waals surface area (Å²) < 4.78 is 16.1. The van der Waals surface area contributed by atoms with Gasteiger partial charge >= 0.3 is 5.97 Å². The molecule has 0 amide bonds. The van der Waals surface area contributed by atoms with Gasteiger partial charge in [0.2, 0.25) is 0 Å². The molecule has 7 nitrogen and oxygen atoms in total. The maximum absolute atomic E-state index is 11.2. The van der Waals surface area contributed by atoms with Crippen molar-refractivity contribution in [3.05, 3.63) is 94.5 Å². The Kier molecular flexibility index (Phi) is 10.9. The van der Waals surface area contributed by atoms with E-state index in [0.29, 0.717) is 43.2 Å². The van der Waals surface area contributed by atoms with E-state index in [1.807, 2.05) is 18.2 Å². The first kappa shape index (κ1) is 27.4. The summed E-state index contributed by atoms with van der Waals surface area (Å²) in [4.78, 5) is 11.2. The average molecular weight is 494 g/mol. The molecule has 3 rings (SSSR count). The van der Waals surface area contributed by atoms with Crippen molar-refractivity contribution in [2.45, 2.75) is 39.1 Å². The first-order chi connectivity index (χ1) is 17.5. The van der Waals surface area contributed by atoms with Gasteiger partial charge in [0, 0.05) is 19.0 Å². The molecule has 0 radical (unpaired) electrons. The molecule has 0 spiro atoms. The highest BCUT2D eigenvalue weighted by Gasteiger charge is 2.12. The second-order valence-electron chi connectivity index (χ2n) is 8.56. The predicted octanol–water partition coefficient (Wildman–Crippen LogP) is 3.74. The summed E-state index contributed by atoms with van der Waals surface area (Å²) in [6.45, 7) is 3.31. The monoisotopic (exact) mass is 493 g/mol. The number of methoxy groups -OCH3 is 1. The fourth-order valence-corrected chi connectivity index (χ4v) is 3.82. The summed E-state index contributed by atoms with van der Waals surface area (Å²) in [5, 5.41) is 23.3. The van der Waals surface area contributed by atoms with Crippen LogP contribution in [0, 0.1) is 0 Å². The number of carbonyl (C=O) groups is 1. The van der Waals surface area contributed by atoms with Crippen molar-refractivity contribution in [1.29, 1.82) is 0 Å². The van der Waals surface area contributed by atoms with Crippen molar-refractivity contribution >= 4 is 5.97 Å². The van der Waals surface area contributed by atoms with Crippen LogP contribution in [0.15, 0.2) is 66.7 Å². The number of aliphatic hydroxyl groups excluding tert-OH is 2.